The molecule has 1 aromatic rings. The van der Waals surface area contributed by atoms with E-state index in [0.29, 0.717) is 12.0 Å². The van der Waals surface area contributed by atoms with Crippen molar-refractivity contribution < 1.29 is 4.74 Å². The van der Waals surface area contributed by atoms with Crippen molar-refractivity contribution in [3.8, 4) is 5.75 Å². The fourth-order valence-electron chi connectivity index (χ4n) is 3.51. The maximum Gasteiger partial charge on any atom is 0.124 e. The van der Waals surface area contributed by atoms with Crippen LogP contribution in [-0.2, 0) is 0 Å². The molecule has 3 rings (SSSR count). The Balaban J connectivity index is 1.95. The Kier molecular flexibility index (Phi) is 3.50. The lowest BCUT2D eigenvalue weighted by Crippen LogP contribution is -2.56. The van der Waals surface area contributed by atoms with Crippen LogP contribution < -0.4 is 15.4 Å². The van der Waals surface area contributed by atoms with E-state index < -0.39 is 0 Å². The topological polar surface area (TPSA) is 33.3 Å². The summed E-state index contributed by atoms with van der Waals surface area (Å²) in [6, 6.07) is 8.93. The van der Waals surface area contributed by atoms with Crippen LogP contribution in [0.1, 0.15) is 38.3 Å². The van der Waals surface area contributed by atoms with Crippen LogP contribution >= 0.6 is 0 Å². The number of para-hydroxylation sites is 1. The van der Waals surface area contributed by atoms with Crippen LogP contribution in [0.25, 0.3) is 0 Å². The summed E-state index contributed by atoms with van der Waals surface area (Å²) in [5.74, 6) is 1.63. The molecule has 0 bridgehead atoms. The predicted octanol–water partition coefficient (Wildman–Crippen LogP) is 2.49. The van der Waals surface area contributed by atoms with Crippen molar-refractivity contribution in [2.45, 2.75) is 38.3 Å². The Hall–Kier alpha value is -1.06. The molecule has 0 amide bonds. The van der Waals surface area contributed by atoms with Gasteiger partial charge in [0.05, 0.1) is 0 Å². The molecule has 3 unspecified atom stereocenters. The lowest BCUT2D eigenvalue weighted by atomic mass is 9.75. The minimum atomic E-state index is 0.00639. The first kappa shape index (κ1) is 12.9. The fraction of sp³-hybridized carbons (Fsp3) is 0.625. The highest BCUT2D eigenvalue weighted by Gasteiger charge is 2.45. The number of hydrogen-bond acceptors (Lipinski definition) is 3. The lowest BCUT2D eigenvalue weighted by Gasteiger charge is -2.48. The number of piperidine rings is 1. The smallest absolute Gasteiger partial charge is 0.124 e. The molecule has 2 aliphatic rings. The molecule has 104 valence electrons. The van der Waals surface area contributed by atoms with E-state index in [4.69, 9.17) is 4.74 Å². The van der Waals surface area contributed by atoms with Gasteiger partial charge in [0, 0.05) is 30.5 Å². The zero-order valence-corrected chi connectivity index (χ0v) is 11.9. The van der Waals surface area contributed by atoms with Gasteiger partial charge in [-0.2, -0.15) is 0 Å². The molecule has 1 spiro atoms. The number of benzene rings is 1. The molecular weight excluding hydrogens is 236 g/mol. The maximum atomic E-state index is 6.47. The van der Waals surface area contributed by atoms with E-state index in [0.717, 1.165) is 38.2 Å². The van der Waals surface area contributed by atoms with Gasteiger partial charge >= 0.3 is 0 Å². The number of fused-ring (bicyclic) bond motifs is 1. The van der Waals surface area contributed by atoms with E-state index in [2.05, 4.69) is 48.7 Å². The largest absolute Gasteiger partial charge is 0.486 e. The molecule has 1 saturated heterocycles. The molecule has 2 heterocycles. The van der Waals surface area contributed by atoms with Gasteiger partial charge in [-0.15, -0.1) is 0 Å². The second-order valence-electron chi connectivity index (χ2n) is 5.87. The summed E-state index contributed by atoms with van der Waals surface area (Å²) in [6.07, 6.45) is 2.19. The van der Waals surface area contributed by atoms with Gasteiger partial charge in [0.15, 0.2) is 0 Å². The summed E-state index contributed by atoms with van der Waals surface area (Å²) >= 11 is 0. The van der Waals surface area contributed by atoms with Gasteiger partial charge in [-0.05, 0) is 25.6 Å². The third-order valence-electron chi connectivity index (χ3n) is 4.68. The standard InChI is InChI=1S/C16H24N2O/c1-3-18-14-10-16(8-9-17-11-12(16)2)19-15-7-5-4-6-13(14)15/h4-7,12,14,17-18H,3,8-11H2,1-2H3. The van der Waals surface area contributed by atoms with E-state index in [1.54, 1.807) is 0 Å². The third kappa shape index (κ3) is 2.26. The SMILES string of the molecule is CCNC1CC2(CCNCC2C)Oc2ccccc21. The van der Waals surface area contributed by atoms with Gasteiger partial charge < -0.3 is 15.4 Å². The Morgan fingerprint density at radius 1 is 1.42 bits per heavy atom. The first-order chi connectivity index (χ1) is 9.25. The fourth-order valence-corrected chi connectivity index (χ4v) is 3.51. The van der Waals surface area contributed by atoms with E-state index in [-0.39, 0.29) is 5.60 Å². The molecule has 3 atom stereocenters. The summed E-state index contributed by atoms with van der Waals surface area (Å²) in [5, 5.41) is 7.11. The molecule has 3 nitrogen and oxygen atoms in total. The highest BCUT2D eigenvalue weighted by atomic mass is 16.5. The summed E-state index contributed by atoms with van der Waals surface area (Å²) in [5.41, 5.74) is 1.33. The first-order valence-corrected chi connectivity index (χ1v) is 7.47. The summed E-state index contributed by atoms with van der Waals surface area (Å²) in [7, 11) is 0. The van der Waals surface area contributed by atoms with Crippen molar-refractivity contribution in [1.82, 2.24) is 10.6 Å². The molecule has 2 aliphatic heterocycles. The van der Waals surface area contributed by atoms with Crippen molar-refractivity contribution in [1.29, 1.82) is 0 Å². The summed E-state index contributed by atoms with van der Waals surface area (Å²) in [6.45, 7) is 7.60. The lowest BCUT2D eigenvalue weighted by molar-refractivity contribution is -0.0371. The second-order valence-corrected chi connectivity index (χ2v) is 5.87. The molecule has 19 heavy (non-hydrogen) atoms. The minimum absolute atomic E-state index is 0.00639. The third-order valence-corrected chi connectivity index (χ3v) is 4.68. The Morgan fingerprint density at radius 2 is 2.26 bits per heavy atom. The van der Waals surface area contributed by atoms with E-state index in [1.807, 2.05) is 0 Å². The second kappa shape index (κ2) is 5.14. The van der Waals surface area contributed by atoms with Crippen LogP contribution in [0, 0.1) is 5.92 Å². The average molecular weight is 260 g/mol. The van der Waals surface area contributed by atoms with E-state index in [9.17, 15) is 0 Å². The normalized spacial score (nSPS) is 33.8. The molecule has 1 aromatic carbocycles. The van der Waals surface area contributed by atoms with Gasteiger partial charge in [0.1, 0.15) is 11.4 Å². The highest BCUT2D eigenvalue weighted by Crippen LogP contribution is 2.45. The first-order valence-electron chi connectivity index (χ1n) is 7.47. The van der Waals surface area contributed by atoms with Gasteiger partial charge in [-0.25, -0.2) is 0 Å². The van der Waals surface area contributed by atoms with E-state index >= 15 is 0 Å². The number of ether oxygens (including phenoxy) is 1. The Morgan fingerprint density at radius 3 is 3.05 bits per heavy atom. The molecule has 3 heteroatoms. The molecule has 2 N–H and O–H groups in total. The van der Waals surface area contributed by atoms with Crippen molar-refractivity contribution in [3.63, 3.8) is 0 Å². The quantitative estimate of drug-likeness (QED) is 0.857. The monoisotopic (exact) mass is 260 g/mol. The van der Waals surface area contributed by atoms with Gasteiger partial charge in [-0.1, -0.05) is 32.0 Å². The predicted molar refractivity (Wildman–Crippen MR) is 77.5 cm³/mol. The van der Waals surface area contributed by atoms with Crippen molar-refractivity contribution >= 4 is 0 Å². The Labute approximate surface area is 115 Å². The molecule has 0 aromatic heterocycles. The summed E-state index contributed by atoms with van der Waals surface area (Å²) < 4.78 is 6.47. The summed E-state index contributed by atoms with van der Waals surface area (Å²) in [4.78, 5) is 0. The van der Waals surface area contributed by atoms with Crippen LogP contribution in [0.5, 0.6) is 5.75 Å². The average Bonchev–Trinajstić information content (AvgIpc) is 2.43. The number of nitrogens with one attached hydrogen (secondary N) is 2. The van der Waals surface area contributed by atoms with Crippen LogP contribution in [0.3, 0.4) is 0 Å². The van der Waals surface area contributed by atoms with E-state index in [1.165, 1.54) is 5.56 Å². The van der Waals surface area contributed by atoms with Crippen LogP contribution in [-0.4, -0.2) is 25.2 Å². The molecule has 0 aliphatic carbocycles. The van der Waals surface area contributed by atoms with Gasteiger partial charge in [0.2, 0.25) is 0 Å². The van der Waals surface area contributed by atoms with Crippen LogP contribution in [0.2, 0.25) is 0 Å². The van der Waals surface area contributed by atoms with Crippen LogP contribution in [0.4, 0.5) is 0 Å². The van der Waals surface area contributed by atoms with Crippen molar-refractivity contribution in [3.05, 3.63) is 29.8 Å². The maximum absolute atomic E-state index is 6.47. The highest BCUT2D eigenvalue weighted by molar-refractivity contribution is 5.39. The number of hydrogen-bond donors (Lipinski definition) is 2. The molecule has 0 saturated carbocycles. The van der Waals surface area contributed by atoms with Crippen molar-refractivity contribution in [2.75, 3.05) is 19.6 Å². The zero-order valence-electron chi connectivity index (χ0n) is 11.9. The molecule has 1 fully saturated rings. The molecule has 0 radical (unpaired) electrons. The van der Waals surface area contributed by atoms with Crippen molar-refractivity contribution in [2.24, 2.45) is 5.92 Å². The number of rotatable bonds is 2. The molecular formula is C16H24N2O. The van der Waals surface area contributed by atoms with Gasteiger partial charge in [0.25, 0.3) is 0 Å². The Bertz CT molecular complexity index is 448. The van der Waals surface area contributed by atoms with Gasteiger partial charge in [-0.3, -0.25) is 0 Å². The zero-order chi connectivity index (χ0) is 13.3. The van der Waals surface area contributed by atoms with Crippen LogP contribution in [0.15, 0.2) is 24.3 Å². The minimum Gasteiger partial charge on any atom is -0.486 e.